The van der Waals surface area contributed by atoms with Crippen LogP contribution in [0.5, 0.6) is 0 Å². The highest BCUT2D eigenvalue weighted by molar-refractivity contribution is 9.10. The van der Waals surface area contributed by atoms with Crippen LogP contribution in [0.3, 0.4) is 0 Å². The number of benzene rings is 1. The molecule has 1 aromatic rings. The number of hydrogen-bond donors (Lipinski definition) is 0. The van der Waals surface area contributed by atoms with Crippen molar-refractivity contribution < 1.29 is 4.79 Å². The van der Waals surface area contributed by atoms with Gasteiger partial charge in [-0.2, -0.15) is 0 Å². The first kappa shape index (κ1) is 14.2. The van der Waals surface area contributed by atoms with E-state index in [1.54, 1.807) is 12.1 Å². The predicted molar refractivity (Wildman–Crippen MR) is 78.5 cm³/mol. The summed E-state index contributed by atoms with van der Waals surface area (Å²) in [6, 6.07) is 5.33. The molecular weight excluding hydrogens is 337 g/mol. The molecule has 2 atom stereocenters. The van der Waals surface area contributed by atoms with E-state index in [1.165, 1.54) is 0 Å². The summed E-state index contributed by atoms with van der Waals surface area (Å²) < 4.78 is 0.872. The molecule has 0 bridgehead atoms. The molecule has 1 saturated heterocycles. The van der Waals surface area contributed by atoms with Crippen molar-refractivity contribution in [2.45, 2.75) is 18.7 Å². The third-order valence-electron chi connectivity index (χ3n) is 3.25. The highest BCUT2D eigenvalue weighted by atomic mass is 79.9. The molecule has 2 rings (SSSR count). The molecule has 0 aliphatic carbocycles. The number of carbonyl (C=O) groups is 1. The Morgan fingerprint density at radius 2 is 2.22 bits per heavy atom. The van der Waals surface area contributed by atoms with Gasteiger partial charge >= 0.3 is 0 Å². The minimum atomic E-state index is -0.0112. The first-order chi connectivity index (χ1) is 8.49. The highest BCUT2D eigenvalue weighted by Crippen LogP contribution is 2.26. The van der Waals surface area contributed by atoms with Crippen LogP contribution in [0.15, 0.2) is 22.7 Å². The van der Waals surface area contributed by atoms with Gasteiger partial charge in [-0.3, -0.25) is 4.79 Å². The molecule has 5 heteroatoms. The fourth-order valence-electron chi connectivity index (χ4n) is 2.13. The fraction of sp³-hybridized carbons (Fsp3) is 0.462. The van der Waals surface area contributed by atoms with Crippen LogP contribution in [0.2, 0.25) is 5.02 Å². The molecule has 1 fully saturated rings. The van der Waals surface area contributed by atoms with Crippen LogP contribution < -0.4 is 0 Å². The molecule has 2 nitrogen and oxygen atoms in total. The van der Waals surface area contributed by atoms with Crippen molar-refractivity contribution in [3.8, 4) is 0 Å². The van der Waals surface area contributed by atoms with Gasteiger partial charge in [-0.1, -0.05) is 34.5 Å². The van der Waals surface area contributed by atoms with Crippen molar-refractivity contribution in [3.63, 3.8) is 0 Å². The van der Waals surface area contributed by atoms with E-state index in [9.17, 15) is 4.79 Å². The Balaban J connectivity index is 2.16. The lowest BCUT2D eigenvalue weighted by Gasteiger charge is -2.34. The van der Waals surface area contributed by atoms with Crippen molar-refractivity contribution in [3.05, 3.63) is 33.3 Å². The second kappa shape index (κ2) is 5.81. The van der Waals surface area contributed by atoms with Gasteiger partial charge in [0.25, 0.3) is 5.91 Å². The second-order valence-electron chi connectivity index (χ2n) is 4.66. The summed E-state index contributed by atoms with van der Waals surface area (Å²) in [6.07, 6.45) is 0.836. The number of amides is 1. The van der Waals surface area contributed by atoms with Gasteiger partial charge in [0.05, 0.1) is 10.6 Å². The molecule has 18 heavy (non-hydrogen) atoms. The maximum absolute atomic E-state index is 12.4. The summed E-state index contributed by atoms with van der Waals surface area (Å²) in [5.41, 5.74) is 0.556. The SMILES string of the molecule is CC1CN(C(=O)c2ccc(Br)cc2Cl)CCC1Cl. The Kier molecular flexibility index (Phi) is 4.57. The number of rotatable bonds is 1. The molecule has 1 aromatic carbocycles. The Labute approximate surface area is 125 Å². The first-order valence-corrected chi connectivity index (χ1v) is 7.48. The average Bonchev–Trinajstić information content (AvgIpc) is 2.32. The number of likely N-dealkylation sites (tertiary alicyclic amines) is 1. The topological polar surface area (TPSA) is 20.3 Å². The predicted octanol–water partition coefficient (Wildman–Crippen LogP) is 4.19. The molecule has 0 aromatic heterocycles. The summed E-state index contributed by atoms with van der Waals surface area (Å²) in [5.74, 6) is 0.307. The van der Waals surface area contributed by atoms with E-state index in [-0.39, 0.29) is 11.3 Å². The lowest BCUT2D eigenvalue weighted by Crippen LogP contribution is -2.43. The van der Waals surface area contributed by atoms with Gasteiger partial charge in [0.2, 0.25) is 0 Å². The Hall–Kier alpha value is -0.250. The number of alkyl halides is 1. The van der Waals surface area contributed by atoms with Crippen LogP contribution in [0.1, 0.15) is 23.7 Å². The normalized spacial score (nSPS) is 24.1. The summed E-state index contributed by atoms with van der Waals surface area (Å²) in [5, 5.41) is 0.643. The first-order valence-electron chi connectivity index (χ1n) is 5.87. The zero-order valence-electron chi connectivity index (χ0n) is 10.00. The van der Waals surface area contributed by atoms with E-state index in [0.29, 0.717) is 29.6 Å². The number of carbonyl (C=O) groups excluding carboxylic acids is 1. The Morgan fingerprint density at radius 1 is 1.50 bits per heavy atom. The number of nitrogens with zero attached hydrogens (tertiary/aromatic N) is 1. The monoisotopic (exact) mass is 349 g/mol. The van der Waals surface area contributed by atoms with Crippen LogP contribution in [0.25, 0.3) is 0 Å². The maximum Gasteiger partial charge on any atom is 0.255 e. The van der Waals surface area contributed by atoms with E-state index in [1.807, 2.05) is 11.0 Å². The molecule has 0 spiro atoms. The molecule has 1 amide bonds. The van der Waals surface area contributed by atoms with Crippen LogP contribution in [-0.2, 0) is 0 Å². The molecule has 2 unspecified atom stereocenters. The number of piperidine rings is 1. The molecule has 0 N–H and O–H groups in total. The van der Waals surface area contributed by atoms with Gasteiger partial charge in [0, 0.05) is 22.9 Å². The smallest absolute Gasteiger partial charge is 0.255 e. The van der Waals surface area contributed by atoms with E-state index < -0.39 is 0 Å². The third kappa shape index (κ3) is 3.01. The zero-order valence-corrected chi connectivity index (χ0v) is 13.1. The molecule has 1 aliphatic heterocycles. The molecule has 0 saturated carbocycles. The van der Waals surface area contributed by atoms with Crippen LogP contribution in [0, 0.1) is 5.92 Å². The Bertz CT molecular complexity index is 466. The lowest BCUT2D eigenvalue weighted by atomic mass is 9.99. The standard InChI is InChI=1S/C13H14BrCl2NO/c1-8-7-17(5-4-11(8)15)13(18)10-3-2-9(14)6-12(10)16/h2-3,6,8,11H,4-5,7H2,1H3. The molecule has 98 valence electrons. The molecule has 1 aliphatic rings. The largest absolute Gasteiger partial charge is 0.338 e. The van der Waals surface area contributed by atoms with Crippen molar-refractivity contribution in [1.29, 1.82) is 0 Å². The van der Waals surface area contributed by atoms with Crippen molar-refractivity contribution >= 4 is 45.0 Å². The van der Waals surface area contributed by atoms with Crippen LogP contribution in [-0.4, -0.2) is 29.3 Å². The van der Waals surface area contributed by atoms with E-state index in [2.05, 4.69) is 22.9 Å². The van der Waals surface area contributed by atoms with E-state index >= 15 is 0 Å². The maximum atomic E-state index is 12.4. The molecule has 1 heterocycles. The minimum absolute atomic E-state index is 0.0112. The minimum Gasteiger partial charge on any atom is -0.338 e. The summed E-state index contributed by atoms with van der Waals surface area (Å²) in [6.45, 7) is 3.46. The number of hydrogen-bond acceptors (Lipinski definition) is 1. The van der Waals surface area contributed by atoms with Gasteiger partial charge in [-0.25, -0.2) is 0 Å². The van der Waals surface area contributed by atoms with Gasteiger partial charge in [-0.05, 0) is 30.5 Å². The van der Waals surface area contributed by atoms with E-state index in [0.717, 1.165) is 10.9 Å². The quantitative estimate of drug-likeness (QED) is 0.695. The van der Waals surface area contributed by atoms with Crippen molar-refractivity contribution in [1.82, 2.24) is 4.90 Å². The van der Waals surface area contributed by atoms with Crippen molar-refractivity contribution in [2.24, 2.45) is 5.92 Å². The second-order valence-corrected chi connectivity index (χ2v) is 6.54. The average molecular weight is 351 g/mol. The third-order valence-corrected chi connectivity index (χ3v) is 4.70. The van der Waals surface area contributed by atoms with Gasteiger partial charge in [-0.15, -0.1) is 11.6 Å². The number of halogens is 3. The zero-order chi connectivity index (χ0) is 13.3. The van der Waals surface area contributed by atoms with Gasteiger partial charge in [0.15, 0.2) is 0 Å². The summed E-state index contributed by atoms with van der Waals surface area (Å²) in [4.78, 5) is 14.2. The highest BCUT2D eigenvalue weighted by Gasteiger charge is 2.28. The van der Waals surface area contributed by atoms with Gasteiger partial charge < -0.3 is 4.90 Å². The van der Waals surface area contributed by atoms with Crippen molar-refractivity contribution in [2.75, 3.05) is 13.1 Å². The van der Waals surface area contributed by atoms with Crippen LogP contribution in [0.4, 0.5) is 0 Å². The lowest BCUT2D eigenvalue weighted by molar-refractivity contribution is 0.0687. The van der Waals surface area contributed by atoms with Crippen LogP contribution >= 0.6 is 39.1 Å². The Morgan fingerprint density at radius 3 is 2.83 bits per heavy atom. The fourth-order valence-corrected chi connectivity index (χ4v) is 3.07. The summed E-state index contributed by atoms with van der Waals surface area (Å²) in [7, 11) is 0. The van der Waals surface area contributed by atoms with Gasteiger partial charge in [0.1, 0.15) is 0 Å². The molecular formula is C13H14BrCl2NO. The molecule has 0 radical (unpaired) electrons. The summed E-state index contributed by atoms with van der Waals surface area (Å²) >= 11 is 15.6. The van der Waals surface area contributed by atoms with E-state index in [4.69, 9.17) is 23.2 Å².